The van der Waals surface area contributed by atoms with Crippen molar-refractivity contribution in [2.75, 3.05) is 50.7 Å². The Morgan fingerprint density at radius 1 is 0.811 bits per heavy atom. The van der Waals surface area contributed by atoms with Crippen LogP contribution >= 0.6 is 0 Å². The first-order chi connectivity index (χ1) is 18.3. The van der Waals surface area contributed by atoms with Gasteiger partial charge in [-0.1, -0.05) is 72.2 Å². The van der Waals surface area contributed by atoms with Gasteiger partial charge in [0.05, 0.1) is 25.0 Å². The van der Waals surface area contributed by atoms with E-state index in [0.29, 0.717) is 6.04 Å². The van der Waals surface area contributed by atoms with Crippen molar-refractivity contribution in [2.24, 2.45) is 0 Å². The van der Waals surface area contributed by atoms with Crippen LogP contribution in [0.3, 0.4) is 0 Å². The SMILES string of the molecule is C(#Cc1ccccc1)CN(CC#Cc1ccccc1)C1CCN(CCN2CC=Cc3ccncc32)CC1. The number of hydrogen-bond donors (Lipinski definition) is 0. The minimum absolute atomic E-state index is 0.509. The number of likely N-dealkylation sites (tertiary alicyclic amines) is 1. The summed E-state index contributed by atoms with van der Waals surface area (Å²) < 4.78 is 0. The summed E-state index contributed by atoms with van der Waals surface area (Å²) in [5.41, 5.74) is 4.65. The average molecular weight is 487 g/mol. The van der Waals surface area contributed by atoms with Gasteiger partial charge >= 0.3 is 0 Å². The molecule has 0 radical (unpaired) electrons. The lowest BCUT2D eigenvalue weighted by atomic mass is 10.0. The van der Waals surface area contributed by atoms with Gasteiger partial charge in [-0.05, 0) is 56.3 Å². The van der Waals surface area contributed by atoms with Crippen LogP contribution in [-0.2, 0) is 0 Å². The Hall–Kier alpha value is -3.83. The van der Waals surface area contributed by atoms with Crippen LogP contribution in [0.4, 0.5) is 5.69 Å². The number of fused-ring (bicyclic) bond motifs is 1. The van der Waals surface area contributed by atoms with E-state index in [1.165, 1.54) is 11.3 Å². The van der Waals surface area contributed by atoms with Gasteiger partial charge < -0.3 is 9.80 Å². The molecule has 1 saturated heterocycles. The Bertz CT molecular complexity index is 1230. The van der Waals surface area contributed by atoms with Gasteiger partial charge in [-0.3, -0.25) is 9.88 Å². The van der Waals surface area contributed by atoms with Gasteiger partial charge in [0.2, 0.25) is 0 Å². The van der Waals surface area contributed by atoms with E-state index in [1.54, 1.807) is 0 Å². The highest BCUT2D eigenvalue weighted by atomic mass is 15.2. The molecular weight excluding hydrogens is 452 g/mol. The molecule has 0 unspecified atom stereocenters. The van der Waals surface area contributed by atoms with Crippen molar-refractivity contribution in [3.63, 3.8) is 0 Å². The molecule has 37 heavy (non-hydrogen) atoms. The number of pyridine rings is 1. The normalized spacial score (nSPS) is 15.4. The zero-order valence-corrected chi connectivity index (χ0v) is 21.4. The summed E-state index contributed by atoms with van der Waals surface area (Å²) in [5, 5.41) is 0. The molecule has 1 aromatic heterocycles. The van der Waals surface area contributed by atoms with Crippen molar-refractivity contribution in [3.05, 3.63) is 102 Å². The second-order valence-corrected chi connectivity index (χ2v) is 9.60. The zero-order valence-electron chi connectivity index (χ0n) is 21.4. The second kappa shape index (κ2) is 12.9. The first kappa shape index (κ1) is 24.8. The van der Waals surface area contributed by atoms with Crippen LogP contribution in [0.2, 0.25) is 0 Å². The van der Waals surface area contributed by atoms with E-state index in [0.717, 1.165) is 69.8 Å². The highest BCUT2D eigenvalue weighted by molar-refractivity contribution is 5.70. The van der Waals surface area contributed by atoms with E-state index < -0.39 is 0 Å². The fourth-order valence-electron chi connectivity index (χ4n) is 5.03. The molecule has 2 aromatic carbocycles. The molecule has 0 bridgehead atoms. The van der Waals surface area contributed by atoms with Crippen molar-refractivity contribution < 1.29 is 0 Å². The average Bonchev–Trinajstić information content (AvgIpc) is 2.97. The Kier molecular flexibility index (Phi) is 8.68. The molecule has 0 spiro atoms. The predicted molar refractivity (Wildman–Crippen MR) is 153 cm³/mol. The Morgan fingerprint density at radius 2 is 1.46 bits per heavy atom. The first-order valence-electron chi connectivity index (χ1n) is 13.2. The molecule has 2 aliphatic heterocycles. The lowest BCUT2D eigenvalue weighted by Crippen LogP contribution is -2.47. The number of piperidine rings is 1. The number of nitrogens with zero attached hydrogens (tertiary/aromatic N) is 4. The Morgan fingerprint density at radius 3 is 2.11 bits per heavy atom. The topological polar surface area (TPSA) is 22.6 Å². The summed E-state index contributed by atoms with van der Waals surface area (Å²) in [7, 11) is 0. The van der Waals surface area contributed by atoms with Gasteiger partial charge in [0.15, 0.2) is 0 Å². The summed E-state index contributed by atoms with van der Waals surface area (Å²) >= 11 is 0. The summed E-state index contributed by atoms with van der Waals surface area (Å²) in [6.07, 6.45) is 10.6. The zero-order chi connectivity index (χ0) is 25.1. The van der Waals surface area contributed by atoms with E-state index in [2.05, 4.69) is 85.8 Å². The van der Waals surface area contributed by atoms with Gasteiger partial charge in [0.25, 0.3) is 0 Å². The van der Waals surface area contributed by atoms with Crippen LogP contribution in [0.25, 0.3) is 6.08 Å². The first-order valence-corrected chi connectivity index (χ1v) is 13.2. The van der Waals surface area contributed by atoms with Gasteiger partial charge in [-0.15, -0.1) is 0 Å². The van der Waals surface area contributed by atoms with E-state index in [9.17, 15) is 0 Å². The molecule has 1 fully saturated rings. The summed E-state index contributed by atoms with van der Waals surface area (Å²) in [4.78, 5) is 11.9. The van der Waals surface area contributed by atoms with Gasteiger partial charge in [0.1, 0.15) is 0 Å². The quantitative estimate of drug-likeness (QED) is 0.468. The van der Waals surface area contributed by atoms with E-state index in [4.69, 9.17) is 0 Å². The molecule has 186 valence electrons. The van der Waals surface area contributed by atoms with Crippen molar-refractivity contribution in [3.8, 4) is 23.7 Å². The monoisotopic (exact) mass is 486 g/mol. The molecular formula is C33H34N4. The third-order valence-corrected chi connectivity index (χ3v) is 7.13. The standard InChI is InChI=1S/C33H34N4/c1-3-10-29(11-4-1)14-7-21-36(22-8-15-30-12-5-2-6-13-30)32-18-24-35(25-19-32)26-27-37-23-9-16-31-17-20-34-28-33(31)37/h1-6,9-13,16-17,20,28,32H,18-19,21-27H2. The molecule has 0 N–H and O–H groups in total. The fraction of sp³-hybridized carbons (Fsp3) is 0.303. The largest absolute Gasteiger partial charge is 0.365 e. The highest BCUT2D eigenvalue weighted by Gasteiger charge is 2.24. The van der Waals surface area contributed by atoms with Crippen LogP contribution in [0, 0.1) is 23.7 Å². The van der Waals surface area contributed by atoms with E-state index >= 15 is 0 Å². The van der Waals surface area contributed by atoms with E-state index in [1.807, 2.05) is 48.8 Å². The van der Waals surface area contributed by atoms with Crippen LogP contribution in [0.15, 0.2) is 85.2 Å². The summed E-state index contributed by atoms with van der Waals surface area (Å²) in [5.74, 6) is 13.5. The molecule has 4 nitrogen and oxygen atoms in total. The van der Waals surface area contributed by atoms with Crippen molar-refractivity contribution in [1.29, 1.82) is 0 Å². The van der Waals surface area contributed by atoms with Crippen LogP contribution in [-0.4, -0.2) is 66.6 Å². The summed E-state index contributed by atoms with van der Waals surface area (Å²) in [6, 6.07) is 23.1. The lowest BCUT2D eigenvalue weighted by molar-refractivity contribution is 0.130. The molecule has 3 heterocycles. The predicted octanol–water partition coefficient (Wildman–Crippen LogP) is 4.78. The van der Waals surface area contributed by atoms with Crippen molar-refractivity contribution in [1.82, 2.24) is 14.8 Å². The fourth-order valence-corrected chi connectivity index (χ4v) is 5.03. The van der Waals surface area contributed by atoms with Gasteiger partial charge in [-0.2, -0.15) is 0 Å². The van der Waals surface area contributed by atoms with Crippen LogP contribution in [0.5, 0.6) is 0 Å². The highest BCUT2D eigenvalue weighted by Crippen LogP contribution is 2.24. The van der Waals surface area contributed by atoms with Crippen LogP contribution < -0.4 is 4.90 Å². The second-order valence-electron chi connectivity index (χ2n) is 9.60. The molecule has 0 amide bonds. The Labute approximate surface area is 221 Å². The molecule has 4 heteroatoms. The maximum absolute atomic E-state index is 4.34. The Balaban J connectivity index is 1.17. The number of hydrogen-bond acceptors (Lipinski definition) is 4. The maximum atomic E-state index is 4.34. The number of aromatic nitrogens is 1. The van der Waals surface area contributed by atoms with Crippen LogP contribution in [0.1, 0.15) is 29.5 Å². The molecule has 0 aliphatic carbocycles. The molecule has 2 aliphatic rings. The summed E-state index contributed by atoms with van der Waals surface area (Å²) in [6.45, 7) is 6.79. The minimum Gasteiger partial charge on any atom is -0.365 e. The molecule has 5 rings (SSSR count). The number of rotatable bonds is 6. The third kappa shape index (κ3) is 7.11. The lowest BCUT2D eigenvalue weighted by Gasteiger charge is -2.38. The number of benzene rings is 2. The van der Waals surface area contributed by atoms with Gasteiger partial charge in [-0.25, -0.2) is 0 Å². The number of anilines is 1. The molecule has 3 aromatic rings. The minimum atomic E-state index is 0.509. The van der Waals surface area contributed by atoms with E-state index in [-0.39, 0.29) is 0 Å². The van der Waals surface area contributed by atoms with Crippen molar-refractivity contribution in [2.45, 2.75) is 18.9 Å². The maximum Gasteiger partial charge on any atom is 0.0629 e. The molecule has 0 saturated carbocycles. The smallest absolute Gasteiger partial charge is 0.0629 e. The molecule has 0 atom stereocenters. The van der Waals surface area contributed by atoms with Crippen molar-refractivity contribution >= 4 is 11.8 Å². The third-order valence-electron chi connectivity index (χ3n) is 7.13. The van der Waals surface area contributed by atoms with Gasteiger partial charge in [0, 0.05) is 48.6 Å².